The minimum atomic E-state index is -0.608. The van der Waals surface area contributed by atoms with Crippen molar-refractivity contribution in [1.82, 2.24) is 0 Å². The van der Waals surface area contributed by atoms with Gasteiger partial charge in [0.15, 0.2) is 0 Å². The average Bonchev–Trinajstić information content (AvgIpc) is 3.27. The number of phenolic OH excluding ortho intramolecular Hbond substituents is 1. The molecule has 2 fully saturated rings. The van der Waals surface area contributed by atoms with Gasteiger partial charge in [0.2, 0.25) is 11.6 Å². The quantitative estimate of drug-likeness (QED) is 0.234. The summed E-state index contributed by atoms with van der Waals surface area (Å²) < 4.78 is 5.68. The number of ketones is 2. The molecule has 5 atom stereocenters. The number of esters is 1. The van der Waals surface area contributed by atoms with Crippen molar-refractivity contribution in [1.29, 1.82) is 0 Å². The Labute approximate surface area is 242 Å². The number of aliphatic hydroxyl groups is 1. The number of carbonyl (C=O) groups excluding carboxylic acids is 3. The van der Waals surface area contributed by atoms with Crippen LogP contribution in [0.5, 0.6) is 5.75 Å². The highest BCUT2D eigenvalue weighted by molar-refractivity contribution is 6.52. The van der Waals surface area contributed by atoms with Gasteiger partial charge in [0, 0.05) is 29.0 Å². The maximum atomic E-state index is 11.9. The largest absolute Gasteiger partial charge is 0.508 e. The van der Waals surface area contributed by atoms with Gasteiger partial charge in [0.25, 0.3) is 0 Å². The standard InChI is InChI=1S/C20H26O3.C15H14O3/c1-12(21)23-19-8-7-18-17-5-3-13-11-14(22)4-6-15(13)16(17)9-10-20(18,19)2;1-9(2)7-8-12-13(16)10-5-3-4-6-11(10)14(17)15(12)18/h4,6,11,16-19,22H,3,5,7-10H2,1-2H3;3-7,16H,8H2,1-2H3. The van der Waals surface area contributed by atoms with Gasteiger partial charge in [0.05, 0.1) is 0 Å². The SMILES string of the molecule is CC(=O)OC1CCC2C3CCc4cc(O)ccc4C3CCC12C.CC(C)=CCC1=C(O)c2ccccc2C(=O)C1=O. The third kappa shape index (κ3) is 5.37. The van der Waals surface area contributed by atoms with Gasteiger partial charge in [-0.3, -0.25) is 14.4 Å². The molecular formula is C35H40O6. The molecule has 0 aliphatic heterocycles. The monoisotopic (exact) mass is 556 g/mol. The van der Waals surface area contributed by atoms with Crippen LogP contribution in [0.3, 0.4) is 0 Å². The number of aromatic hydroxyl groups is 1. The highest BCUT2D eigenvalue weighted by atomic mass is 16.5. The number of aryl methyl sites for hydroxylation is 1. The molecule has 41 heavy (non-hydrogen) atoms. The summed E-state index contributed by atoms with van der Waals surface area (Å²) in [6.45, 7) is 7.69. The van der Waals surface area contributed by atoms with E-state index in [2.05, 4.69) is 13.0 Å². The van der Waals surface area contributed by atoms with Gasteiger partial charge in [0.1, 0.15) is 17.6 Å². The van der Waals surface area contributed by atoms with Crippen molar-refractivity contribution in [2.24, 2.45) is 17.3 Å². The molecule has 2 aromatic rings. The van der Waals surface area contributed by atoms with Gasteiger partial charge in [-0.05, 0) is 99.8 Å². The number of fused-ring (bicyclic) bond motifs is 6. The Morgan fingerprint density at radius 2 is 1.71 bits per heavy atom. The number of carbonyl (C=O) groups is 3. The second kappa shape index (κ2) is 11.3. The van der Waals surface area contributed by atoms with Crippen LogP contribution in [0.25, 0.3) is 5.76 Å². The summed E-state index contributed by atoms with van der Waals surface area (Å²) in [5, 5.41) is 19.8. The van der Waals surface area contributed by atoms with Crippen LogP contribution in [0.15, 0.2) is 59.7 Å². The zero-order chi connectivity index (χ0) is 29.5. The molecule has 0 amide bonds. The van der Waals surface area contributed by atoms with Crippen molar-refractivity contribution in [3.63, 3.8) is 0 Å². The molecule has 6 rings (SSSR count). The smallest absolute Gasteiger partial charge is 0.302 e. The fraction of sp³-hybridized carbons (Fsp3) is 0.457. The number of aliphatic hydroxyl groups excluding tert-OH is 1. The van der Waals surface area contributed by atoms with E-state index in [0.29, 0.717) is 29.1 Å². The summed E-state index contributed by atoms with van der Waals surface area (Å²) >= 11 is 0. The van der Waals surface area contributed by atoms with Crippen LogP contribution in [0, 0.1) is 17.3 Å². The average molecular weight is 557 g/mol. The molecule has 0 heterocycles. The van der Waals surface area contributed by atoms with Crippen LogP contribution in [-0.4, -0.2) is 33.9 Å². The lowest BCUT2D eigenvalue weighted by molar-refractivity contribution is -0.154. The van der Waals surface area contributed by atoms with Crippen LogP contribution in [0.1, 0.15) is 99.2 Å². The molecule has 2 N–H and O–H groups in total. The first kappa shape index (κ1) is 28.8. The Balaban J connectivity index is 0.000000170. The lowest BCUT2D eigenvalue weighted by Crippen LogP contribution is -2.45. The first-order valence-electron chi connectivity index (χ1n) is 14.7. The molecule has 2 aromatic carbocycles. The fourth-order valence-corrected chi connectivity index (χ4v) is 7.83. The van der Waals surface area contributed by atoms with Gasteiger partial charge in [-0.1, -0.05) is 48.9 Å². The molecule has 0 radical (unpaired) electrons. The Morgan fingerprint density at radius 1 is 0.976 bits per heavy atom. The summed E-state index contributed by atoms with van der Waals surface area (Å²) in [6, 6.07) is 12.6. The predicted molar refractivity (Wildman–Crippen MR) is 158 cm³/mol. The second-order valence-corrected chi connectivity index (χ2v) is 12.5. The van der Waals surface area contributed by atoms with E-state index >= 15 is 0 Å². The number of ether oxygens (including phenoxy) is 1. The number of phenols is 1. The highest BCUT2D eigenvalue weighted by Gasteiger charge is 2.56. The molecule has 0 saturated heterocycles. The molecule has 2 saturated carbocycles. The molecule has 6 heteroatoms. The Hall–Kier alpha value is -3.67. The number of allylic oxidation sites excluding steroid dienone is 3. The molecule has 4 aliphatic rings. The van der Waals surface area contributed by atoms with E-state index in [0.717, 1.165) is 24.8 Å². The summed E-state index contributed by atoms with van der Waals surface area (Å²) in [5.74, 6) is 1.01. The molecule has 6 nitrogen and oxygen atoms in total. The van der Waals surface area contributed by atoms with Crippen LogP contribution < -0.4 is 0 Å². The van der Waals surface area contributed by atoms with Crippen molar-refractivity contribution in [3.8, 4) is 5.75 Å². The van der Waals surface area contributed by atoms with E-state index < -0.39 is 11.6 Å². The summed E-state index contributed by atoms with van der Waals surface area (Å²) in [7, 11) is 0. The van der Waals surface area contributed by atoms with Crippen LogP contribution in [0.4, 0.5) is 0 Å². The molecule has 216 valence electrons. The zero-order valence-corrected chi connectivity index (χ0v) is 24.4. The minimum Gasteiger partial charge on any atom is -0.508 e. The maximum absolute atomic E-state index is 11.9. The Bertz CT molecular complexity index is 1440. The third-order valence-corrected chi connectivity index (χ3v) is 9.84. The fourth-order valence-electron chi connectivity index (χ4n) is 7.83. The van der Waals surface area contributed by atoms with Crippen molar-refractivity contribution in [2.75, 3.05) is 0 Å². The normalized spacial score (nSPS) is 27.9. The molecule has 0 aromatic heterocycles. The number of Topliss-reactive ketones (excluding diaryl/α,β-unsaturated/α-hetero) is 2. The van der Waals surface area contributed by atoms with Crippen LogP contribution in [0.2, 0.25) is 0 Å². The van der Waals surface area contributed by atoms with Gasteiger partial charge in [-0.2, -0.15) is 0 Å². The van der Waals surface area contributed by atoms with Crippen LogP contribution >= 0.6 is 0 Å². The van der Waals surface area contributed by atoms with Crippen molar-refractivity contribution in [3.05, 3.63) is 81.9 Å². The van der Waals surface area contributed by atoms with E-state index in [9.17, 15) is 24.6 Å². The van der Waals surface area contributed by atoms with Crippen molar-refractivity contribution in [2.45, 2.75) is 84.7 Å². The molecule has 0 bridgehead atoms. The lowest BCUT2D eigenvalue weighted by atomic mass is 9.55. The van der Waals surface area contributed by atoms with Gasteiger partial charge >= 0.3 is 5.97 Å². The van der Waals surface area contributed by atoms with E-state index in [1.54, 1.807) is 24.3 Å². The topological polar surface area (TPSA) is 101 Å². The lowest BCUT2D eigenvalue weighted by Gasteiger charge is -2.50. The summed E-state index contributed by atoms with van der Waals surface area (Å²) in [5.41, 5.74) is 4.89. The molecule has 5 unspecified atom stereocenters. The zero-order valence-electron chi connectivity index (χ0n) is 24.4. The van der Waals surface area contributed by atoms with Gasteiger partial charge in [-0.25, -0.2) is 0 Å². The number of hydrogen-bond donors (Lipinski definition) is 2. The number of rotatable bonds is 3. The summed E-state index contributed by atoms with van der Waals surface area (Å²) in [6.07, 6.45) is 8.99. The van der Waals surface area contributed by atoms with E-state index in [1.807, 2.05) is 32.1 Å². The molecular weight excluding hydrogens is 516 g/mol. The van der Waals surface area contributed by atoms with Crippen molar-refractivity contribution < 1.29 is 29.3 Å². The highest BCUT2D eigenvalue weighted by Crippen LogP contribution is 2.61. The second-order valence-electron chi connectivity index (χ2n) is 12.5. The Morgan fingerprint density at radius 3 is 2.41 bits per heavy atom. The van der Waals surface area contributed by atoms with Gasteiger partial charge < -0.3 is 14.9 Å². The van der Waals surface area contributed by atoms with Gasteiger partial charge in [-0.15, -0.1) is 0 Å². The number of benzene rings is 2. The summed E-state index contributed by atoms with van der Waals surface area (Å²) in [4.78, 5) is 35.3. The van der Waals surface area contributed by atoms with Crippen molar-refractivity contribution >= 4 is 23.3 Å². The first-order valence-corrected chi connectivity index (χ1v) is 14.7. The maximum Gasteiger partial charge on any atom is 0.302 e. The van der Waals surface area contributed by atoms with E-state index in [1.165, 1.54) is 37.3 Å². The Kier molecular flexibility index (Phi) is 7.95. The molecule has 4 aliphatic carbocycles. The van der Waals surface area contributed by atoms with E-state index in [-0.39, 0.29) is 40.8 Å². The first-order chi connectivity index (χ1) is 19.5. The minimum absolute atomic E-state index is 0.0762. The number of hydrogen-bond acceptors (Lipinski definition) is 6. The molecule has 0 spiro atoms. The third-order valence-electron chi connectivity index (χ3n) is 9.84. The predicted octanol–water partition coefficient (Wildman–Crippen LogP) is 7.26. The van der Waals surface area contributed by atoms with E-state index in [4.69, 9.17) is 4.74 Å². The van der Waals surface area contributed by atoms with Crippen LogP contribution in [-0.2, 0) is 20.7 Å².